The van der Waals surface area contributed by atoms with Crippen molar-refractivity contribution in [3.63, 3.8) is 0 Å². The summed E-state index contributed by atoms with van der Waals surface area (Å²) in [6, 6.07) is 22.2. The van der Waals surface area contributed by atoms with E-state index in [0.717, 1.165) is 5.66 Å². The first kappa shape index (κ1) is 11.9. The highest BCUT2D eigenvalue weighted by Crippen LogP contribution is 2.46. The average molecular weight is 254 g/mol. The van der Waals surface area contributed by atoms with Gasteiger partial charge in [-0.2, -0.15) is 0 Å². The standard InChI is InChI=1S/C17H19P/c1-3-9-15(10-4-1)18(17-13-7-8-14-17)16-11-5-2-6-12-16/h1-6,9-12,17H,7-8,13-14H2. The number of hydrogen-bond donors (Lipinski definition) is 0. The second-order valence-electron chi connectivity index (χ2n) is 4.98. The third-order valence-electron chi connectivity index (χ3n) is 3.76. The predicted octanol–water partition coefficient (Wildman–Crippen LogP) is 4.06. The van der Waals surface area contributed by atoms with E-state index in [-0.39, 0.29) is 7.92 Å². The maximum Gasteiger partial charge on any atom is -0.0129 e. The Morgan fingerprint density at radius 2 is 1.11 bits per heavy atom. The molecule has 2 aromatic carbocycles. The van der Waals surface area contributed by atoms with Crippen molar-refractivity contribution in [3.8, 4) is 0 Å². The molecule has 0 spiro atoms. The third-order valence-corrected chi connectivity index (χ3v) is 6.71. The van der Waals surface area contributed by atoms with Crippen LogP contribution in [0.1, 0.15) is 25.7 Å². The number of rotatable bonds is 3. The summed E-state index contributed by atoms with van der Waals surface area (Å²) in [6.07, 6.45) is 5.66. The van der Waals surface area contributed by atoms with Crippen LogP contribution in [0.2, 0.25) is 0 Å². The maximum absolute atomic E-state index is 2.32. The van der Waals surface area contributed by atoms with E-state index >= 15 is 0 Å². The van der Waals surface area contributed by atoms with E-state index < -0.39 is 0 Å². The fourth-order valence-corrected chi connectivity index (χ4v) is 5.92. The van der Waals surface area contributed by atoms with Crippen molar-refractivity contribution in [3.05, 3.63) is 60.7 Å². The fourth-order valence-electron chi connectivity index (χ4n) is 2.91. The molecular formula is C17H19P. The Morgan fingerprint density at radius 3 is 1.56 bits per heavy atom. The first-order chi connectivity index (χ1) is 8.95. The van der Waals surface area contributed by atoms with Gasteiger partial charge in [0, 0.05) is 0 Å². The monoisotopic (exact) mass is 254 g/mol. The quantitative estimate of drug-likeness (QED) is 0.724. The van der Waals surface area contributed by atoms with Crippen LogP contribution in [0.3, 0.4) is 0 Å². The van der Waals surface area contributed by atoms with Gasteiger partial charge in [-0.15, -0.1) is 0 Å². The Kier molecular flexibility index (Phi) is 3.76. The molecule has 1 heteroatoms. The minimum atomic E-state index is -0.152. The van der Waals surface area contributed by atoms with Crippen molar-refractivity contribution in [1.82, 2.24) is 0 Å². The van der Waals surface area contributed by atoms with Crippen LogP contribution < -0.4 is 10.6 Å². The van der Waals surface area contributed by atoms with Crippen molar-refractivity contribution < 1.29 is 0 Å². The minimum absolute atomic E-state index is 0.152. The Balaban J connectivity index is 1.98. The summed E-state index contributed by atoms with van der Waals surface area (Å²) >= 11 is 0. The normalized spacial score (nSPS) is 16.3. The molecule has 1 saturated carbocycles. The van der Waals surface area contributed by atoms with Crippen molar-refractivity contribution in [2.75, 3.05) is 0 Å². The first-order valence-corrected chi connectivity index (χ1v) is 8.25. The smallest absolute Gasteiger partial charge is 0.0129 e. The van der Waals surface area contributed by atoms with Crippen molar-refractivity contribution >= 4 is 18.5 Å². The summed E-state index contributed by atoms with van der Waals surface area (Å²) in [6.45, 7) is 0. The first-order valence-electron chi connectivity index (χ1n) is 6.84. The molecule has 0 aromatic heterocycles. The van der Waals surface area contributed by atoms with Crippen LogP contribution in [0, 0.1) is 0 Å². The molecule has 0 amide bonds. The summed E-state index contributed by atoms with van der Waals surface area (Å²) < 4.78 is 0. The lowest BCUT2D eigenvalue weighted by Crippen LogP contribution is -2.19. The minimum Gasteiger partial charge on any atom is -0.0622 e. The molecule has 92 valence electrons. The van der Waals surface area contributed by atoms with Gasteiger partial charge in [0.25, 0.3) is 0 Å². The lowest BCUT2D eigenvalue weighted by atomic mass is 10.3. The molecule has 1 fully saturated rings. The van der Waals surface area contributed by atoms with Gasteiger partial charge in [0.05, 0.1) is 0 Å². The summed E-state index contributed by atoms with van der Waals surface area (Å²) in [5.74, 6) is 0. The fraction of sp³-hybridized carbons (Fsp3) is 0.294. The molecule has 0 radical (unpaired) electrons. The molecule has 0 unspecified atom stereocenters. The zero-order valence-corrected chi connectivity index (χ0v) is 11.5. The zero-order chi connectivity index (χ0) is 12.2. The van der Waals surface area contributed by atoms with Gasteiger partial charge in [-0.3, -0.25) is 0 Å². The molecule has 0 bridgehead atoms. The van der Waals surface area contributed by atoms with E-state index in [1.54, 1.807) is 10.6 Å². The highest BCUT2D eigenvalue weighted by molar-refractivity contribution is 7.73. The Labute approximate surface area is 111 Å². The lowest BCUT2D eigenvalue weighted by Gasteiger charge is -2.25. The molecule has 3 rings (SSSR count). The Bertz CT molecular complexity index is 432. The van der Waals surface area contributed by atoms with Gasteiger partial charge in [-0.05, 0) is 37.0 Å². The van der Waals surface area contributed by atoms with Crippen LogP contribution in [0.25, 0.3) is 0 Å². The summed E-state index contributed by atoms with van der Waals surface area (Å²) in [7, 11) is -0.152. The van der Waals surface area contributed by atoms with Crippen LogP contribution in [-0.2, 0) is 0 Å². The SMILES string of the molecule is c1ccc(P(c2ccccc2)C2CCCC2)cc1. The van der Waals surface area contributed by atoms with Crippen LogP contribution in [0.5, 0.6) is 0 Å². The molecule has 0 saturated heterocycles. The highest BCUT2D eigenvalue weighted by Gasteiger charge is 2.26. The largest absolute Gasteiger partial charge is 0.0622 e. The molecule has 0 aliphatic heterocycles. The maximum atomic E-state index is 2.32. The highest BCUT2D eigenvalue weighted by atomic mass is 31.1. The van der Waals surface area contributed by atoms with Crippen LogP contribution >= 0.6 is 7.92 Å². The Morgan fingerprint density at radius 1 is 0.667 bits per heavy atom. The number of hydrogen-bond acceptors (Lipinski definition) is 0. The van der Waals surface area contributed by atoms with Crippen molar-refractivity contribution in [1.29, 1.82) is 0 Å². The topological polar surface area (TPSA) is 0 Å². The van der Waals surface area contributed by atoms with Gasteiger partial charge in [0.2, 0.25) is 0 Å². The van der Waals surface area contributed by atoms with Crippen LogP contribution in [0.15, 0.2) is 60.7 Å². The van der Waals surface area contributed by atoms with E-state index in [1.807, 2.05) is 0 Å². The van der Waals surface area contributed by atoms with E-state index in [1.165, 1.54) is 25.7 Å². The van der Waals surface area contributed by atoms with E-state index in [4.69, 9.17) is 0 Å². The predicted molar refractivity (Wildman–Crippen MR) is 81.3 cm³/mol. The summed E-state index contributed by atoms with van der Waals surface area (Å²) in [5.41, 5.74) is 0.893. The Hall–Kier alpha value is -1.13. The second-order valence-corrected chi connectivity index (χ2v) is 7.48. The lowest BCUT2D eigenvalue weighted by molar-refractivity contribution is 0.886. The van der Waals surface area contributed by atoms with Crippen molar-refractivity contribution in [2.24, 2.45) is 0 Å². The van der Waals surface area contributed by atoms with Gasteiger partial charge in [0.1, 0.15) is 0 Å². The second kappa shape index (κ2) is 5.67. The molecule has 1 aliphatic rings. The molecule has 1 aliphatic carbocycles. The third kappa shape index (κ3) is 2.49. The average Bonchev–Trinajstić information content (AvgIpc) is 2.95. The van der Waals surface area contributed by atoms with Gasteiger partial charge in [0.15, 0.2) is 0 Å². The molecule has 18 heavy (non-hydrogen) atoms. The van der Waals surface area contributed by atoms with Crippen LogP contribution in [-0.4, -0.2) is 5.66 Å². The summed E-state index contributed by atoms with van der Waals surface area (Å²) in [5, 5.41) is 3.09. The van der Waals surface area contributed by atoms with E-state index in [2.05, 4.69) is 60.7 Å². The zero-order valence-electron chi connectivity index (χ0n) is 10.6. The number of benzene rings is 2. The van der Waals surface area contributed by atoms with E-state index in [0.29, 0.717) is 0 Å². The van der Waals surface area contributed by atoms with Gasteiger partial charge in [-0.1, -0.05) is 73.5 Å². The molecule has 0 heterocycles. The molecule has 0 N–H and O–H groups in total. The van der Waals surface area contributed by atoms with Crippen LogP contribution in [0.4, 0.5) is 0 Å². The molecule has 0 atom stereocenters. The van der Waals surface area contributed by atoms with Gasteiger partial charge in [-0.25, -0.2) is 0 Å². The molecule has 0 nitrogen and oxygen atoms in total. The summed E-state index contributed by atoms with van der Waals surface area (Å²) in [4.78, 5) is 0. The molecular weight excluding hydrogens is 235 g/mol. The van der Waals surface area contributed by atoms with Gasteiger partial charge >= 0.3 is 0 Å². The van der Waals surface area contributed by atoms with Gasteiger partial charge < -0.3 is 0 Å². The molecule has 2 aromatic rings. The van der Waals surface area contributed by atoms with Crippen molar-refractivity contribution in [2.45, 2.75) is 31.3 Å². The van der Waals surface area contributed by atoms with E-state index in [9.17, 15) is 0 Å².